The molecule has 0 aliphatic heterocycles. The maximum Gasteiger partial charge on any atom is 0.416 e. The Kier molecular flexibility index (Phi) is 3.51. The van der Waals surface area contributed by atoms with Gasteiger partial charge in [0.05, 0.1) is 23.9 Å². The lowest BCUT2D eigenvalue weighted by Gasteiger charge is -2.12. The zero-order valence-electron chi connectivity index (χ0n) is 11.7. The molecule has 2 aromatic heterocycles. The third kappa shape index (κ3) is 2.87. The largest absolute Gasteiger partial charge is 0.416 e. The molecule has 8 heteroatoms. The number of nitrogens with two attached hydrogens (primary N) is 1. The van der Waals surface area contributed by atoms with Crippen molar-refractivity contribution in [1.82, 2.24) is 14.8 Å². The predicted molar refractivity (Wildman–Crippen MR) is 76.6 cm³/mol. The first-order valence-corrected chi connectivity index (χ1v) is 6.63. The van der Waals surface area contributed by atoms with E-state index in [4.69, 9.17) is 5.73 Å². The van der Waals surface area contributed by atoms with E-state index in [1.807, 2.05) is 0 Å². The summed E-state index contributed by atoms with van der Waals surface area (Å²) < 4.78 is 40.5. The van der Waals surface area contributed by atoms with Gasteiger partial charge in [0, 0.05) is 11.6 Å². The minimum atomic E-state index is -4.44. The summed E-state index contributed by atoms with van der Waals surface area (Å²) >= 11 is 0. The topological polar surface area (TPSA) is 73.8 Å². The quantitative estimate of drug-likeness (QED) is 0.806. The predicted octanol–water partition coefficient (Wildman–Crippen LogP) is 2.60. The summed E-state index contributed by atoms with van der Waals surface area (Å²) in [6.45, 7) is -0.0812. The molecule has 0 unspecified atom stereocenters. The average Bonchev–Trinajstić information content (AvgIpc) is 2.89. The molecule has 3 rings (SSSR count). The van der Waals surface area contributed by atoms with Crippen molar-refractivity contribution in [3.05, 3.63) is 59.4 Å². The Morgan fingerprint density at radius 3 is 2.65 bits per heavy atom. The van der Waals surface area contributed by atoms with Crippen molar-refractivity contribution in [2.45, 2.75) is 12.7 Å². The third-order valence-corrected chi connectivity index (χ3v) is 3.40. The Morgan fingerprint density at radius 1 is 1.22 bits per heavy atom. The summed E-state index contributed by atoms with van der Waals surface area (Å²) in [5, 5.41) is 4.58. The molecular weight excluding hydrogens is 309 g/mol. The molecule has 0 radical (unpaired) electrons. The molecule has 0 aliphatic rings. The van der Waals surface area contributed by atoms with E-state index in [0.717, 1.165) is 6.07 Å². The highest BCUT2D eigenvalue weighted by Gasteiger charge is 2.33. The van der Waals surface area contributed by atoms with Gasteiger partial charge in [0.25, 0.3) is 0 Å². The van der Waals surface area contributed by atoms with Crippen LogP contribution in [-0.2, 0) is 12.7 Å². The van der Waals surface area contributed by atoms with E-state index in [0.29, 0.717) is 11.0 Å². The molecule has 0 atom stereocenters. The Balaban J connectivity index is 2.02. The molecule has 0 spiro atoms. The van der Waals surface area contributed by atoms with Gasteiger partial charge in [-0.2, -0.15) is 18.3 Å². The summed E-state index contributed by atoms with van der Waals surface area (Å²) in [5.41, 5.74) is 5.15. The van der Waals surface area contributed by atoms with E-state index < -0.39 is 17.6 Å². The molecule has 5 nitrogen and oxygen atoms in total. The van der Waals surface area contributed by atoms with Crippen LogP contribution in [0.3, 0.4) is 0 Å². The number of hydrogen-bond acceptors (Lipinski definition) is 3. The monoisotopic (exact) mass is 320 g/mol. The van der Waals surface area contributed by atoms with E-state index in [-0.39, 0.29) is 17.7 Å². The fourth-order valence-electron chi connectivity index (χ4n) is 2.32. The third-order valence-electron chi connectivity index (χ3n) is 3.40. The van der Waals surface area contributed by atoms with Gasteiger partial charge in [0.15, 0.2) is 5.65 Å². The van der Waals surface area contributed by atoms with Gasteiger partial charge in [-0.15, -0.1) is 0 Å². The summed E-state index contributed by atoms with van der Waals surface area (Å²) in [6, 6.07) is 6.80. The SMILES string of the molecule is NC(=O)c1cnc2c(cnn2Cc2ccccc2C(F)(F)F)c1. The molecule has 0 saturated heterocycles. The van der Waals surface area contributed by atoms with Crippen LogP contribution < -0.4 is 5.73 Å². The van der Waals surface area contributed by atoms with Crippen LogP contribution in [0.4, 0.5) is 13.2 Å². The Bertz CT molecular complexity index is 886. The van der Waals surface area contributed by atoms with Crippen LogP contribution in [-0.4, -0.2) is 20.7 Å². The highest BCUT2D eigenvalue weighted by molar-refractivity contribution is 5.95. The average molecular weight is 320 g/mol. The van der Waals surface area contributed by atoms with Crippen LogP contribution in [0, 0.1) is 0 Å². The van der Waals surface area contributed by atoms with Gasteiger partial charge in [-0.05, 0) is 17.7 Å². The van der Waals surface area contributed by atoms with Crippen molar-refractivity contribution < 1.29 is 18.0 Å². The lowest BCUT2D eigenvalue weighted by atomic mass is 10.1. The molecule has 0 bridgehead atoms. The van der Waals surface area contributed by atoms with Crippen LogP contribution in [0.1, 0.15) is 21.5 Å². The number of hydrogen-bond donors (Lipinski definition) is 1. The molecule has 118 valence electrons. The number of alkyl halides is 3. The number of amides is 1. The highest BCUT2D eigenvalue weighted by atomic mass is 19.4. The molecule has 2 N–H and O–H groups in total. The summed E-state index contributed by atoms with van der Waals surface area (Å²) in [7, 11) is 0. The smallest absolute Gasteiger partial charge is 0.366 e. The normalized spacial score (nSPS) is 11.8. The molecule has 23 heavy (non-hydrogen) atoms. The Hall–Kier alpha value is -2.90. The molecule has 3 aromatic rings. The van der Waals surface area contributed by atoms with E-state index in [9.17, 15) is 18.0 Å². The number of rotatable bonds is 3. The van der Waals surface area contributed by atoms with Gasteiger partial charge < -0.3 is 5.73 Å². The van der Waals surface area contributed by atoms with Crippen molar-refractivity contribution in [2.75, 3.05) is 0 Å². The molecule has 0 saturated carbocycles. The second-order valence-corrected chi connectivity index (χ2v) is 4.96. The number of benzene rings is 1. The van der Waals surface area contributed by atoms with Crippen LogP contribution in [0.5, 0.6) is 0 Å². The van der Waals surface area contributed by atoms with Crippen LogP contribution >= 0.6 is 0 Å². The molecule has 1 aromatic carbocycles. The van der Waals surface area contributed by atoms with Crippen molar-refractivity contribution in [2.24, 2.45) is 5.73 Å². The van der Waals surface area contributed by atoms with Crippen LogP contribution in [0.25, 0.3) is 11.0 Å². The first-order chi connectivity index (χ1) is 10.9. The van der Waals surface area contributed by atoms with Crippen molar-refractivity contribution >= 4 is 16.9 Å². The number of pyridine rings is 1. The zero-order chi connectivity index (χ0) is 16.6. The number of aromatic nitrogens is 3. The van der Waals surface area contributed by atoms with Crippen LogP contribution in [0.2, 0.25) is 0 Å². The summed E-state index contributed by atoms with van der Waals surface area (Å²) in [6.07, 6.45) is -1.73. The van der Waals surface area contributed by atoms with Gasteiger partial charge in [-0.25, -0.2) is 9.67 Å². The van der Waals surface area contributed by atoms with Gasteiger partial charge in [0.1, 0.15) is 0 Å². The number of carbonyl (C=O) groups excluding carboxylic acids is 1. The first kappa shape index (κ1) is 15.0. The second kappa shape index (κ2) is 5.38. The fourth-order valence-corrected chi connectivity index (χ4v) is 2.32. The minimum absolute atomic E-state index is 0.0812. The summed E-state index contributed by atoms with van der Waals surface area (Å²) in [5.74, 6) is -0.630. The second-order valence-electron chi connectivity index (χ2n) is 4.96. The molecular formula is C15H11F3N4O. The zero-order valence-corrected chi connectivity index (χ0v) is 11.7. The van der Waals surface area contributed by atoms with E-state index in [2.05, 4.69) is 10.1 Å². The Labute approximate surface area is 128 Å². The van der Waals surface area contributed by atoms with Crippen molar-refractivity contribution in [1.29, 1.82) is 0 Å². The highest BCUT2D eigenvalue weighted by Crippen LogP contribution is 2.32. The fraction of sp³-hybridized carbons (Fsp3) is 0.133. The number of primary amides is 1. The van der Waals surface area contributed by atoms with Gasteiger partial charge >= 0.3 is 6.18 Å². The minimum Gasteiger partial charge on any atom is -0.366 e. The molecule has 1 amide bonds. The lowest BCUT2D eigenvalue weighted by molar-refractivity contribution is -0.138. The summed E-state index contributed by atoms with van der Waals surface area (Å²) in [4.78, 5) is 15.2. The van der Waals surface area contributed by atoms with Gasteiger partial charge in [-0.1, -0.05) is 18.2 Å². The number of carbonyl (C=O) groups is 1. The van der Waals surface area contributed by atoms with Crippen molar-refractivity contribution in [3.63, 3.8) is 0 Å². The maximum atomic E-state index is 13.0. The number of nitrogens with zero attached hydrogens (tertiary/aromatic N) is 3. The van der Waals surface area contributed by atoms with E-state index in [1.165, 1.54) is 41.3 Å². The lowest BCUT2D eigenvalue weighted by Crippen LogP contribution is -2.13. The number of fused-ring (bicyclic) bond motifs is 1. The number of halogens is 3. The molecule has 0 aliphatic carbocycles. The van der Waals surface area contributed by atoms with Crippen molar-refractivity contribution in [3.8, 4) is 0 Å². The maximum absolute atomic E-state index is 13.0. The van der Waals surface area contributed by atoms with Gasteiger partial charge in [-0.3, -0.25) is 4.79 Å². The van der Waals surface area contributed by atoms with E-state index in [1.54, 1.807) is 0 Å². The standard InChI is InChI=1S/C15H11F3N4O/c16-15(17,18)12-4-2-1-3-9(12)8-22-14-11(7-21-22)5-10(6-20-14)13(19)23/h1-7H,8H2,(H2,19,23). The molecule has 0 fully saturated rings. The molecule has 2 heterocycles. The van der Waals surface area contributed by atoms with Crippen LogP contribution in [0.15, 0.2) is 42.7 Å². The van der Waals surface area contributed by atoms with E-state index >= 15 is 0 Å². The van der Waals surface area contributed by atoms with Gasteiger partial charge in [0.2, 0.25) is 5.91 Å². The first-order valence-electron chi connectivity index (χ1n) is 6.63. The Morgan fingerprint density at radius 2 is 1.96 bits per heavy atom.